The Morgan fingerprint density at radius 1 is 1.10 bits per heavy atom. The van der Waals surface area contributed by atoms with Gasteiger partial charge in [0.1, 0.15) is 0 Å². The summed E-state index contributed by atoms with van der Waals surface area (Å²) in [5.74, 6) is 5.68. The van der Waals surface area contributed by atoms with Gasteiger partial charge in [-0.2, -0.15) is 0 Å². The third-order valence-corrected chi connectivity index (χ3v) is 4.64. The first-order valence-electron chi connectivity index (χ1n) is 6.47. The molecule has 0 saturated heterocycles. The average Bonchev–Trinajstić information content (AvgIpc) is 2.48. The minimum atomic E-state index is -0.439. The van der Waals surface area contributed by atoms with E-state index in [-0.39, 0.29) is 0 Å². The molecule has 5 heteroatoms. The summed E-state index contributed by atoms with van der Waals surface area (Å²) < 4.78 is 0. The van der Waals surface area contributed by atoms with Crippen LogP contribution in [0.4, 0.5) is 0 Å². The lowest BCUT2D eigenvalue weighted by atomic mass is 9.95. The highest BCUT2D eigenvalue weighted by molar-refractivity contribution is 7.99. The molecule has 2 N–H and O–H groups in total. The van der Waals surface area contributed by atoms with Gasteiger partial charge in [0.2, 0.25) is 0 Å². The summed E-state index contributed by atoms with van der Waals surface area (Å²) in [5.41, 5.74) is 0.997. The van der Waals surface area contributed by atoms with Gasteiger partial charge in [-0.1, -0.05) is 19.1 Å². The fraction of sp³-hybridized carbons (Fsp3) is 0.200. The summed E-state index contributed by atoms with van der Waals surface area (Å²) in [4.78, 5) is 25.3. The Bertz CT molecular complexity index is 705. The number of nitrogens with two attached hydrogens (primary N) is 1. The summed E-state index contributed by atoms with van der Waals surface area (Å²) in [6.45, 7) is 2.12. The van der Waals surface area contributed by atoms with Gasteiger partial charge >= 0.3 is 0 Å². The topological polar surface area (TPSA) is 63.4 Å². The van der Waals surface area contributed by atoms with Gasteiger partial charge in [-0.05, 0) is 35.8 Å². The van der Waals surface area contributed by atoms with Crippen LogP contribution in [0.2, 0.25) is 0 Å². The fourth-order valence-electron chi connectivity index (χ4n) is 2.43. The molecule has 1 aliphatic rings. The maximum Gasteiger partial charge on any atom is 0.275 e. The van der Waals surface area contributed by atoms with Gasteiger partial charge in [-0.25, -0.2) is 10.9 Å². The van der Waals surface area contributed by atoms with Crippen LogP contribution < -0.4 is 5.84 Å². The van der Waals surface area contributed by atoms with Gasteiger partial charge < -0.3 is 0 Å². The smallest absolute Gasteiger partial charge is 0.267 e. The van der Waals surface area contributed by atoms with Crippen molar-refractivity contribution in [1.29, 1.82) is 0 Å². The third kappa shape index (κ3) is 1.82. The van der Waals surface area contributed by atoms with E-state index in [0.29, 0.717) is 16.1 Å². The largest absolute Gasteiger partial charge is 0.275 e. The van der Waals surface area contributed by atoms with Crippen molar-refractivity contribution in [1.82, 2.24) is 5.01 Å². The normalized spacial score (nSPS) is 14.2. The highest BCUT2D eigenvalue weighted by Crippen LogP contribution is 2.35. The molecule has 0 atom stereocenters. The Hall–Kier alpha value is -1.85. The van der Waals surface area contributed by atoms with Crippen molar-refractivity contribution in [3.8, 4) is 0 Å². The second-order valence-electron chi connectivity index (χ2n) is 4.67. The molecular weight excluding hydrogens is 272 g/mol. The molecule has 3 rings (SSSR count). The lowest BCUT2D eigenvalue weighted by Crippen LogP contribution is -2.45. The number of amides is 2. The first kappa shape index (κ1) is 13.1. The standard InChI is InChI=1S/C15H14N2O2S/c1-2-8-20-12-7-6-11-13-9(12)4-3-5-10(13)14(18)17(16)15(11)19/h3-7H,2,8,16H2,1H3. The molecule has 0 radical (unpaired) electrons. The number of benzene rings is 2. The monoisotopic (exact) mass is 286 g/mol. The minimum Gasteiger partial charge on any atom is -0.267 e. The molecule has 2 aromatic carbocycles. The van der Waals surface area contributed by atoms with E-state index < -0.39 is 11.8 Å². The van der Waals surface area contributed by atoms with E-state index in [1.807, 2.05) is 18.2 Å². The van der Waals surface area contributed by atoms with Crippen LogP contribution in [0, 0.1) is 0 Å². The minimum absolute atomic E-state index is 0.439. The van der Waals surface area contributed by atoms with E-state index in [0.717, 1.165) is 27.8 Å². The number of nitrogens with zero attached hydrogens (tertiary/aromatic N) is 1. The number of imide groups is 1. The van der Waals surface area contributed by atoms with Gasteiger partial charge in [0.15, 0.2) is 0 Å². The Labute approximate surface area is 120 Å². The van der Waals surface area contributed by atoms with Crippen LogP contribution in [0.1, 0.15) is 34.1 Å². The van der Waals surface area contributed by atoms with E-state index in [1.54, 1.807) is 23.9 Å². The summed E-state index contributed by atoms with van der Waals surface area (Å²) in [6, 6.07) is 9.20. The molecule has 0 unspecified atom stereocenters. The predicted octanol–water partition coefficient (Wildman–Crippen LogP) is 2.81. The van der Waals surface area contributed by atoms with E-state index in [9.17, 15) is 9.59 Å². The zero-order valence-electron chi connectivity index (χ0n) is 11.1. The molecule has 2 aromatic rings. The quantitative estimate of drug-likeness (QED) is 0.408. The van der Waals surface area contributed by atoms with Gasteiger partial charge in [-0.15, -0.1) is 11.8 Å². The highest BCUT2D eigenvalue weighted by atomic mass is 32.2. The van der Waals surface area contributed by atoms with Crippen LogP contribution in [-0.2, 0) is 0 Å². The number of hydrogen-bond donors (Lipinski definition) is 1. The second-order valence-corrected chi connectivity index (χ2v) is 5.80. The number of rotatable bonds is 3. The number of hydrogen-bond acceptors (Lipinski definition) is 4. The Balaban J connectivity index is 2.29. The molecule has 102 valence electrons. The molecule has 0 fully saturated rings. The van der Waals surface area contributed by atoms with E-state index in [1.165, 1.54) is 0 Å². The molecule has 0 saturated carbocycles. The van der Waals surface area contributed by atoms with Crippen molar-refractivity contribution in [2.24, 2.45) is 5.84 Å². The van der Waals surface area contributed by atoms with Gasteiger partial charge in [0.25, 0.3) is 11.8 Å². The molecular formula is C15H14N2O2S. The molecule has 0 aromatic heterocycles. The molecule has 4 nitrogen and oxygen atoms in total. The van der Waals surface area contributed by atoms with Crippen LogP contribution in [0.3, 0.4) is 0 Å². The van der Waals surface area contributed by atoms with E-state index in [2.05, 4.69) is 6.92 Å². The second kappa shape index (κ2) is 4.92. The lowest BCUT2D eigenvalue weighted by molar-refractivity contribution is 0.0610. The Morgan fingerprint density at radius 3 is 2.50 bits per heavy atom. The summed E-state index contributed by atoms with van der Waals surface area (Å²) in [6.07, 6.45) is 1.07. The number of hydrazine groups is 1. The Kier molecular flexibility index (Phi) is 3.23. The maximum absolute atomic E-state index is 12.1. The van der Waals surface area contributed by atoms with Crippen molar-refractivity contribution in [2.45, 2.75) is 18.2 Å². The van der Waals surface area contributed by atoms with Crippen molar-refractivity contribution in [3.63, 3.8) is 0 Å². The van der Waals surface area contributed by atoms with Gasteiger partial charge in [-0.3, -0.25) is 9.59 Å². The van der Waals surface area contributed by atoms with Crippen molar-refractivity contribution >= 4 is 34.3 Å². The first-order chi connectivity index (χ1) is 9.65. The van der Waals surface area contributed by atoms with Crippen molar-refractivity contribution in [2.75, 3.05) is 5.75 Å². The number of carbonyl (C=O) groups is 2. The maximum atomic E-state index is 12.1. The van der Waals surface area contributed by atoms with Crippen LogP contribution in [-0.4, -0.2) is 22.6 Å². The van der Waals surface area contributed by atoms with Crippen LogP contribution in [0.15, 0.2) is 35.2 Å². The molecule has 1 aliphatic heterocycles. The SMILES string of the molecule is CCCSc1ccc2c3c(cccc13)C(=O)N(N)C2=O. The molecule has 0 spiro atoms. The van der Waals surface area contributed by atoms with Crippen LogP contribution in [0.25, 0.3) is 10.8 Å². The number of thioether (sulfide) groups is 1. The average molecular weight is 286 g/mol. The van der Waals surface area contributed by atoms with E-state index >= 15 is 0 Å². The lowest BCUT2D eigenvalue weighted by Gasteiger charge is -2.23. The molecule has 1 heterocycles. The number of carbonyl (C=O) groups excluding carboxylic acids is 2. The summed E-state index contributed by atoms with van der Waals surface area (Å²) in [7, 11) is 0. The van der Waals surface area contributed by atoms with Crippen molar-refractivity contribution < 1.29 is 9.59 Å². The molecule has 2 amide bonds. The van der Waals surface area contributed by atoms with Crippen molar-refractivity contribution in [3.05, 3.63) is 41.5 Å². The fourth-order valence-corrected chi connectivity index (χ4v) is 3.34. The Morgan fingerprint density at radius 2 is 1.80 bits per heavy atom. The summed E-state index contributed by atoms with van der Waals surface area (Å²) in [5, 5.41) is 2.37. The molecule has 0 bridgehead atoms. The van der Waals surface area contributed by atoms with E-state index in [4.69, 9.17) is 5.84 Å². The molecule has 0 aliphatic carbocycles. The van der Waals surface area contributed by atoms with Gasteiger partial charge in [0.05, 0.1) is 11.1 Å². The zero-order chi connectivity index (χ0) is 14.3. The van der Waals surface area contributed by atoms with Crippen LogP contribution in [0.5, 0.6) is 0 Å². The van der Waals surface area contributed by atoms with Gasteiger partial charge in [0, 0.05) is 10.3 Å². The predicted molar refractivity (Wildman–Crippen MR) is 79.7 cm³/mol. The third-order valence-electron chi connectivity index (χ3n) is 3.36. The molecule has 20 heavy (non-hydrogen) atoms. The zero-order valence-corrected chi connectivity index (χ0v) is 11.9. The highest BCUT2D eigenvalue weighted by Gasteiger charge is 2.31. The van der Waals surface area contributed by atoms with Crippen LogP contribution >= 0.6 is 11.8 Å². The first-order valence-corrected chi connectivity index (χ1v) is 7.45. The summed E-state index contributed by atoms with van der Waals surface area (Å²) >= 11 is 1.74.